The minimum absolute atomic E-state index is 0.0236. The van der Waals surface area contributed by atoms with Crippen LogP contribution in [0.5, 0.6) is 0 Å². The summed E-state index contributed by atoms with van der Waals surface area (Å²) in [5, 5.41) is 4.17. The highest BCUT2D eigenvalue weighted by Crippen LogP contribution is 2.25. The SMILES string of the molecule is Cc1ccc(C)c(C(C)NC(=O)CSCc2nc3ccccc3s2)c1. The molecule has 5 heteroatoms. The van der Waals surface area contributed by atoms with Crippen molar-refractivity contribution in [1.82, 2.24) is 10.3 Å². The first-order valence-electron chi connectivity index (χ1n) is 8.31. The van der Waals surface area contributed by atoms with Gasteiger partial charge in [0, 0.05) is 5.75 Å². The molecule has 1 atom stereocenters. The van der Waals surface area contributed by atoms with E-state index in [1.165, 1.54) is 21.4 Å². The van der Waals surface area contributed by atoms with E-state index >= 15 is 0 Å². The molecule has 1 heterocycles. The summed E-state index contributed by atoms with van der Waals surface area (Å²) in [7, 11) is 0. The molecule has 0 aliphatic carbocycles. The Kier molecular flexibility index (Phi) is 5.76. The van der Waals surface area contributed by atoms with Crippen molar-refractivity contribution < 1.29 is 4.79 Å². The monoisotopic (exact) mass is 370 g/mol. The lowest BCUT2D eigenvalue weighted by Crippen LogP contribution is -2.28. The molecule has 0 saturated carbocycles. The predicted molar refractivity (Wildman–Crippen MR) is 108 cm³/mol. The summed E-state index contributed by atoms with van der Waals surface area (Å²) in [6, 6.07) is 14.5. The molecule has 0 aliphatic rings. The molecule has 0 radical (unpaired) electrons. The van der Waals surface area contributed by atoms with Crippen molar-refractivity contribution in [3.8, 4) is 0 Å². The lowest BCUT2D eigenvalue weighted by atomic mass is 10.00. The van der Waals surface area contributed by atoms with Gasteiger partial charge in [0.25, 0.3) is 0 Å². The highest BCUT2D eigenvalue weighted by atomic mass is 32.2. The fraction of sp³-hybridized carbons (Fsp3) is 0.300. The number of hydrogen-bond acceptors (Lipinski definition) is 4. The Morgan fingerprint density at radius 2 is 2.04 bits per heavy atom. The van der Waals surface area contributed by atoms with Gasteiger partial charge in [0.05, 0.1) is 22.0 Å². The van der Waals surface area contributed by atoms with Crippen molar-refractivity contribution in [3.63, 3.8) is 0 Å². The number of fused-ring (bicyclic) bond motifs is 1. The van der Waals surface area contributed by atoms with Gasteiger partial charge in [-0.05, 0) is 44.0 Å². The summed E-state index contributed by atoms with van der Waals surface area (Å²) >= 11 is 3.31. The Morgan fingerprint density at radius 3 is 2.84 bits per heavy atom. The summed E-state index contributed by atoms with van der Waals surface area (Å²) in [5.74, 6) is 1.29. The van der Waals surface area contributed by atoms with Crippen LogP contribution in [0.4, 0.5) is 0 Å². The topological polar surface area (TPSA) is 42.0 Å². The molecule has 0 aliphatic heterocycles. The number of thiazole rings is 1. The second-order valence-electron chi connectivity index (χ2n) is 6.22. The molecule has 3 aromatic rings. The first-order valence-corrected chi connectivity index (χ1v) is 10.3. The third-order valence-electron chi connectivity index (χ3n) is 4.08. The molecule has 2 aromatic carbocycles. The molecular formula is C20H22N2OS2. The number of carbonyl (C=O) groups excluding carboxylic acids is 1. The summed E-state index contributed by atoms with van der Waals surface area (Å²) in [4.78, 5) is 16.8. The van der Waals surface area contributed by atoms with Crippen LogP contribution in [-0.2, 0) is 10.5 Å². The van der Waals surface area contributed by atoms with Crippen molar-refractivity contribution in [2.24, 2.45) is 0 Å². The van der Waals surface area contributed by atoms with Crippen molar-refractivity contribution in [2.75, 3.05) is 5.75 Å². The molecule has 0 fully saturated rings. The quantitative estimate of drug-likeness (QED) is 0.662. The van der Waals surface area contributed by atoms with Crippen molar-refractivity contribution in [3.05, 3.63) is 64.2 Å². The van der Waals surface area contributed by atoms with Crippen molar-refractivity contribution in [2.45, 2.75) is 32.6 Å². The van der Waals surface area contributed by atoms with E-state index in [4.69, 9.17) is 0 Å². The van der Waals surface area contributed by atoms with Gasteiger partial charge in [0.2, 0.25) is 5.91 Å². The van der Waals surface area contributed by atoms with E-state index in [2.05, 4.69) is 48.4 Å². The number of hydrogen-bond donors (Lipinski definition) is 1. The van der Waals surface area contributed by atoms with Crippen LogP contribution in [0.2, 0.25) is 0 Å². The van der Waals surface area contributed by atoms with Gasteiger partial charge < -0.3 is 5.32 Å². The first-order chi connectivity index (χ1) is 12.0. The van der Waals surface area contributed by atoms with Gasteiger partial charge in [0.15, 0.2) is 0 Å². The summed E-state index contributed by atoms with van der Waals surface area (Å²) in [6.07, 6.45) is 0. The largest absolute Gasteiger partial charge is 0.349 e. The highest BCUT2D eigenvalue weighted by Gasteiger charge is 2.12. The summed E-state index contributed by atoms with van der Waals surface area (Å²) in [6.45, 7) is 6.20. The minimum Gasteiger partial charge on any atom is -0.349 e. The van der Waals surface area contributed by atoms with Crippen LogP contribution >= 0.6 is 23.1 Å². The molecule has 25 heavy (non-hydrogen) atoms. The van der Waals surface area contributed by atoms with Gasteiger partial charge in [0.1, 0.15) is 5.01 Å². The highest BCUT2D eigenvalue weighted by molar-refractivity contribution is 7.99. The summed E-state index contributed by atoms with van der Waals surface area (Å²) in [5.41, 5.74) is 4.65. The van der Waals surface area contributed by atoms with Crippen LogP contribution in [-0.4, -0.2) is 16.6 Å². The van der Waals surface area contributed by atoms with Gasteiger partial charge in [-0.25, -0.2) is 4.98 Å². The lowest BCUT2D eigenvalue weighted by Gasteiger charge is -2.17. The predicted octanol–water partition coefficient (Wildman–Crippen LogP) is 5.02. The number of benzene rings is 2. The summed E-state index contributed by atoms with van der Waals surface area (Å²) < 4.78 is 1.20. The molecule has 3 nitrogen and oxygen atoms in total. The Balaban J connectivity index is 1.51. The van der Waals surface area contributed by atoms with Crippen LogP contribution in [0.15, 0.2) is 42.5 Å². The van der Waals surface area contributed by atoms with Gasteiger partial charge in [-0.15, -0.1) is 23.1 Å². The van der Waals surface area contributed by atoms with Crippen molar-refractivity contribution in [1.29, 1.82) is 0 Å². The number of nitrogens with zero attached hydrogens (tertiary/aromatic N) is 1. The second kappa shape index (κ2) is 8.02. The zero-order chi connectivity index (χ0) is 17.8. The third kappa shape index (κ3) is 4.61. The van der Waals surface area contributed by atoms with Crippen LogP contribution in [0.3, 0.4) is 0 Å². The number of thioether (sulfide) groups is 1. The average Bonchev–Trinajstić information content (AvgIpc) is 2.99. The van der Waals surface area contributed by atoms with E-state index in [1.807, 2.05) is 25.1 Å². The van der Waals surface area contributed by atoms with Crippen molar-refractivity contribution >= 4 is 39.2 Å². The standard InChI is InChI=1S/C20H22N2OS2/c1-13-8-9-14(2)16(10-13)15(3)21-19(23)11-24-12-20-22-17-6-4-5-7-18(17)25-20/h4-10,15H,11-12H2,1-3H3,(H,21,23). The minimum atomic E-state index is 0.0236. The maximum Gasteiger partial charge on any atom is 0.230 e. The zero-order valence-electron chi connectivity index (χ0n) is 14.7. The van der Waals surface area contributed by atoms with Gasteiger partial charge >= 0.3 is 0 Å². The van der Waals surface area contributed by atoms with Crippen LogP contribution in [0.25, 0.3) is 10.2 Å². The normalized spacial score (nSPS) is 12.3. The fourth-order valence-electron chi connectivity index (χ4n) is 2.80. The molecule has 0 spiro atoms. The third-order valence-corrected chi connectivity index (χ3v) is 6.24. The van der Waals surface area contributed by atoms with Crippen LogP contribution < -0.4 is 5.32 Å². The Labute approximate surface area is 156 Å². The number of para-hydroxylation sites is 1. The molecule has 130 valence electrons. The Bertz CT molecular complexity index is 855. The fourth-order valence-corrected chi connectivity index (χ4v) is 4.66. The van der Waals surface area contributed by atoms with E-state index in [9.17, 15) is 4.79 Å². The molecule has 0 saturated heterocycles. The van der Waals surface area contributed by atoms with Crippen LogP contribution in [0, 0.1) is 13.8 Å². The maximum atomic E-state index is 12.2. The molecule has 1 aromatic heterocycles. The average molecular weight is 371 g/mol. The number of nitrogens with one attached hydrogen (secondary N) is 1. The molecule has 0 bridgehead atoms. The first kappa shape index (κ1) is 18.0. The van der Waals surface area contributed by atoms with E-state index in [-0.39, 0.29) is 11.9 Å². The van der Waals surface area contributed by atoms with E-state index in [1.54, 1.807) is 23.1 Å². The molecule has 1 amide bonds. The number of rotatable bonds is 6. The second-order valence-corrected chi connectivity index (χ2v) is 8.32. The lowest BCUT2D eigenvalue weighted by molar-refractivity contribution is -0.119. The van der Waals surface area contributed by atoms with Crippen LogP contribution in [0.1, 0.15) is 34.7 Å². The Morgan fingerprint density at radius 1 is 1.24 bits per heavy atom. The van der Waals surface area contributed by atoms with E-state index in [0.29, 0.717) is 5.75 Å². The number of carbonyl (C=O) groups is 1. The van der Waals surface area contributed by atoms with Gasteiger partial charge in [-0.1, -0.05) is 35.9 Å². The smallest absolute Gasteiger partial charge is 0.230 e. The van der Waals surface area contributed by atoms with Gasteiger partial charge in [-0.3, -0.25) is 4.79 Å². The maximum absolute atomic E-state index is 12.2. The molecule has 1 unspecified atom stereocenters. The number of amides is 1. The molecule has 3 rings (SSSR count). The molecule has 1 N–H and O–H groups in total. The van der Waals surface area contributed by atoms with Gasteiger partial charge in [-0.2, -0.15) is 0 Å². The number of aryl methyl sites for hydroxylation is 2. The zero-order valence-corrected chi connectivity index (χ0v) is 16.3. The Hall–Kier alpha value is -1.85. The molecular weight excluding hydrogens is 348 g/mol. The number of aromatic nitrogens is 1. The van der Waals surface area contributed by atoms with E-state index in [0.717, 1.165) is 16.3 Å². The van der Waals surface area contributed by atoms with E-state index < -0.39 is 0 Å².